The Balaban J connectivity index is 1.64. The number of benzene rings is 1. The van der Waals surface area contributed by atoms with Crippen molar-refractivity contribution >= 4 is 23.5 Å². The van der Waals surface area contributed by atoms with Gasteiger partial charge in [0.15, 0.2) is 5.69 Å². The molecule has 0 spiro atoms. The van der Waals surface area contributed by atoms with Crippen LogP contribution in [-0.2, 0) is 11.3 Å². The number of halogens is 1. The number of carboxylic acids is 2. The molecule has 1 aromatic carbocycles. The molecule has 0 radical (unpaired) electrons. The highest BCUT2D eigenvalue weighted by atomic mass is 19.1. The topological polar surface area (TPSA) is 116 Å². The third kappa shape index (κ3) is 4.05. The molecule has 10 heteroatoms. The number of rotatable bonds is 5. The summed E-state index contributed by atoms with van der Waals surface area (Å²) in [4.78, 5) is 38.2. The van der Waals surface area contributed by atoms with E-state index < -0.39 is 17.6 Å². The lowest BCUT2D eigenvalue weighted by atomic mass is 10.2. The Morgan fingerprint density at radius 3 is 2.19 bits per heavy atom. The lowest BCUT2D eigenvalue weighted by Crippen LogP contribution is -2.49. The van der Waals surface area contributed by atoms with E-state index in [2.05, 4.69) is 5.10 Å². The van der Waals surface area contributed by atoms with Crippen LogP contribution in [0, 0.1) is 5.82 Å². The van der Waals surface area contributed by atoms with Crippen molar-refractivity contribution < 1.29 is 29.0 Å². The third-order valence-corrected chi connectivity index (χ3v) is 4.33. The van der Waals surface area contributed by atoms with E-state index >= 15 is 0 Å². The lowest BCUT2D eigenvalue weighted by molar-refractivity contribution is -0.132. The molecule has 1 aliphatic heterocycles. The molecule has 0 saturated carbocycles. The molecule has 1 aliphatic rings. The van der Waals surface area contributed by atoms with E-state index in [1.165, 1.54) is 12.1 Å². The zero-order valence-corrected chi connectivity index (χ0v) is 14.2. The predicted octanol–water partition coefficient (Wildman–Crippen LogP) is 0.767. The van der Waals surface area contributed by atoms with E-state index in [0.717, 1.165) is 16.4 Å². The SMILES string of the molecule is O=C(O)c1cc(C(=O)O)n(CC(=O)N2CCN(c3ccc(F)cc3)CC2)n1. The first-order chi connectivity index (χ1) is 12.8. The van der Waals surface area contributed by atoms with Gasteiger partial charge in [0, 0.05) is 37.9 Å². The summed E-state index contributed by atoms with van der Waals surface area (Å²) < 4.78 is 13.9. The van der Waals surface area contributed by atoms with Crippen LogP contribution in [0.1, 0.15) is 21.0 Å². The number of aromatic nitrogens is 2. The van der Waals surface area contributed by atoms with Crippen LogP contribution in [0.4, 0.5) is 10.1 Å². The van der Waals surface area contributed by atoms with Crippen LogP contribution in [0.5, 0.6) is 0 Å². The number of piperazine rings is 1. The zero-order valence-electron chi connectivity index (χ0n) is 14.2. The van der Waals surface area contributed by atoms with Crippen molar-refractivity contribution in [2.24, 2.45) is 0 Å². The molecule has 0 bridgehead atoms. The first-order valence-corrected chi connectivity index (χ1v) is 8.18. The summed E-state index contributed by atoms with van der Waals surface area (Å²) in [5.74, 6) is -3.39. The van der Waals surface area contributed by atoms with Crippen molar-refractivity contribution in [3.63, 3.8) is 0 Å². The summed E-state index contributed by atoms with van der Waals surface area (Å²) in [5, 5.41) is 21.8. The van der Waals surface area contributed by atoms with Gasteiger partial charge in [-0.15, -0.1) is 0 Å². The minimum Gasteiger partial charge on any atom is -0.477 e. The molecule has 1 amide bonds. The number of carbonyl (C=O) groups is 3. The summed E-state index contributed by atoms with van der Waals surface area (Å²) in [5.41, 5.74) is 0.0712. The highest BCUT2D eigenvalue weighted by Gasteiger charge is 2.25. The average molecular weight is 376 g/mol. The molecule has 1 aromatic heterocycles. The first kappa shape index (κ1) is 18.4. The van der Waals surface area contributed by atoms with E-state index in [1.54, 1.807) is 17.0 Å². The highest BCUT2D eigenvalue weighted by Crippen LogP contribution is 2.17. The van der Waals surface area contributed by atoms with Gasteiger partial charge in [-0.3, -0.25) is 4.79 Å². The van der Waals surface area contributed by atoms with Gasteiger partial charge >= 0.3 is 11.9 Å². The number of hydrogen-bond acceptors (Lipinski definition) is 5. The maximum atomic E-state index is 13.0. The van der Waals surface area contributed by atoms with Crippen LogP contribution in [0.2, 0.25) is 0 Å². The maximum Gasteiger partial charge on any atom is 0.356 e. The average Bonchev–Trinajstić information content (AvgIpc) is 3.07. The Morgan fingerprint density at radius 2 is 1.63 bits per heavy atom. The van der Waals surface area contributed by atoms with Crippen molar-refractivity contribution in [2.75, 3.05) is 31.1 Å². The van der Waals surface area contributed by atoms with Crippen LogP contribution >= 0.6 is 0 Å². The van der Waals surface area contributed by atoms with Gasteiger partial charge in [0.25, 0.3) is 0 Å². The van der Waals surface area contributed by atoms with E-state index in [4.69, 9.17) is 10.2 Å². The standard InChI is InChI=1S/C17H17FN4O5/c18-11-1-3-12(4-2-11)20-5-7-21(8-6-20)15(23)10-22-14(17(26)27)9-13(19-22)16(24)25/h1-4,9H,5-8,10H2,(H,24,25)(H,26,27). The Morgan fingerprint density at radius 1 is 1.00 bits per heavy atom. The Hall–Kier alpha value is -3.43. The van der Waals surface area contributed by atoms with Gasteiger partial charge in [-0.1, -0.05) is 0 Å². The van der Waals surface area contributed by atoms with E-state index in [-0.39, 0.29) is 24.0 Å². The molecule has 27 heavy (non-hydrogen) atoms. The fourth-order valence-corrected chi connectivity index (χ4v) is 2.91. The van der Waals surface area contributed by atoms with Crippen molar-refractivity contribution in [3.05, 3.63) is 47.5 Å². The summed E-state index contributed by atoms with van der Waals surface area (Å²) in [6.07, 6.45) is 0. The molecule has 0 atom stereocenters. The van der Waals surface area contributed by atoms with Gasteiger partial charge in [0.2, 0.25) is 5.91 Å². The lowest BCUT2D eigenvalue weighted by Gasteiger charge is -2.36. The van der Waals surface area contributed by atoms with Crippen LogP contribution in [0.15, 0.2) is 30.3 Å². The molecule has 0 aliphatic carbocycles. The third-order valence-electron chi connectivity index (χ3n) is 4.33. The number of carbonyl (C=O) groups excluding carboxylic acids is 1. The number of hydrogen-bond donors (Lipinski definition) is 2. The van der Waals surface area contributed by atoms with Gasteiger partial charge in [0.05, 0.1) is 0 Å². The number of amides is 1. The molecule has 2 aromatic rings. The van der Waals surface area contributed by atoms with Gasteiger partial charge in [-0.2, -0.15) is 5.10 Å². The number of anilines is 1. The molecule has 2 N–H and O–H groups in total. The molecule has 3 rings (SSSR count). The van der Waals surface area contributed by atoms with Crippen molar-refractivity contribution in [1.82, 2.24) is 14.7 Å². The van der Waals surface area contributed by atoms with Crippen molar-refractivity contribution in [2.45, 2.75) is 6.54 Å². The minimum atomic E-state index is -1.36. The zero-order chi connectivity index (χ0) is 19.6. The van der Waals surface area contributed by atoms with Crippen LogP contribution in [0.3, 0.4) is 0 Å². The Bertz CT molecular complexity index is 872. The molecule has 2 heterocycles. The van der Waals surface area contributed by atoms with Crippen LogP contribution in [-0.4, -0.2) is 68.9 Å². The second kappa shape index (κ2) is 7.44. The number of aromatic carboxylic acids is 2. The van der Waals surface area contributed by atoms with Crippen LogP contribution in [0.25, 0.3) is 0 Å². The normalized spacial score (nSPS) is 14.3. The minimum absolute atomic E-state index is 0.318. The second-order valence-corrected chi connectivity index (χ2v) is 6.03. The second-order valence-electron chi connectivity index (χ2n) is 6.03. The molecular weight excluding hydrogens is 359 g/mol. The monoisotopic (exact) mass is 376 g/mol. The van der Waals surface area contributed by atoms with E-state index in [1.807, 2.05) is 4.90 Å². The van der Waals surface area contributed by atoms with E-state index in [9.17, 15) is 18.8 Å². The largest absolute Gasteiger partial charge is 0.477 e. The van der Waals surface area contributed by atoms with Crippen LogP contribution < -0.4 is 4.90 Å². The molecular formula is C17H17FN4O5. The van der Waals surface area contributed by atoms with Crippen molar-refractivity contribution in [1.29, 1.82) is 0 Å². The molecule has 1 saturated heterocycles. The first-order valence-electron chi connectivity index (χ1n) is 8.18. The fourth-order valence-electron chi connectivity index (χ4n) is 2.91. The van der Waals surface area contributed by atoms with Gasteiger partial charge < -0.3 is 20.0 Å². The van der Waals surface area contributed by atoms with Gasteiger partial charge in [-0.25, -0.2) is 18.7 Å². The fraction of sp³-hybridized carbons (Fsp3) is 0.294. The Labute approximate surface area is 153 Å². The molecule has 1 fully saturated rings. The smallest absolute Gasteiger partial charge is 0.356 e. The highest BCUT2D eigenvalue weighted by molar-refractivity contribution is 5.92. The van der Waals surface area contributed by atoms with Gasteiger partial charge in [0.1, 0.15) is 18.1 Å². The Kier molecular flexibility index (Phi) is 5.06. The summed E-state index contributed by atoms with van der Waals surface area (Å²) in [6.45, 7) is 1.55. The molecule has 0 unspecified atom stereocenters. The van der Waals surface area contributed by atoms with Crippen molar-refractivity contribution in [3.8, 4) is 0 Å². The number of nitrogens with zero attached hydrogens (tertiary/aromatic N) is 4. The summed E-state index contributed by atoms with van der Waals surface area (Å²) in [6, 6.07) is 7.01. The molecule has 9 nitrogen and oxygen atoms in total. The molecule has 142 valence electrons. The maximum absolute atomic E-state index is 13.0. The number of carboxylic acid groups (broad SMARTS) is 2. The quantitative estimate of drug-likeness (QED) is 0.792. The summed E-state index contributed by atoms with van der Waals surface area (Å²) in [7, 11) is 0. The van der Waals surface area contributed by atoms with E-state index in [0.29, 0.717) is 26.2 Å². The summed E-state index contributed by atoms with van der Waals surface area (Å²) >= 11 is 0. The van der Waals surface area contributed by atoms with Gasteiger partial charge in [-0.05, 0) is 24.3 Å². The predicted molar refractivity (Wildman–Crippen MR) is 91.3 cm³/mol.